The van der Waals surface area contributed by atoms with Gasteiger partial charge in [0.2, 0.25) is 0 Å². The fraction of sp³-hybridized carbons (Fsp3) is 0.462. The van der Waals surface area contributed by atoms with Gasteiger partial charge in [-0.1, -0.05) is 6.07 Å². The highest BCUT2D eigenvalue weighted by Gasteiger charge is 2.20. The molecule has 0 fully saturated rings. The van der Waals surface area contributed by atoms with E-state index in [1.807, 2.05) is 26.8 Å². The lowest BCUT2D eigenvalue weighted by atomic mass is 9.93. The van der Waals surface area contributed by atoms with Crippen LogP contribution in [-0.2, 0) is 4.79 Å². The Morgan fingerprint density at radius 1 is 1.41 bits per heavy atom. The maximum absolute atomic E-state index is 10.7. The number of rotatable bonds is 4. The van der Waals surface area contributed by atoms with Crippen molar-refractivity contribution in [2.45, 2.75) is 33.2 Å². The second-order valence-corrected chi connectivity index (χ2v) is 4.29. The molecule has 4 nitrogen and oxygen atoms in total. The molecule has 94 valence electrons. The minimum Gasteiger partial charge on any atom is -0.496 e. The first kappa shape index (κ1) is 13.5. The van der Waals surface area contributed by atoms with Crippen LogP contribution in [0, 0.1) is 20.8 Å². The highest BCUT2D eigenvalue weighted by atomic mass is 16.5. The summed E-state index contributed by atoms with van der Waals surface area (Å²) in [5.74, 6) is -0.201. The van der Waals surface area contributed by atoms with Crippen LogP contribution in [0.1, 0.15) is 34.7 Å². The molecule has 1 atom stereocenters. The smallest absolute Gasteiger partial charge is 0.305 e. The third kappa shape index (κ3) is 2.77. The van der Waals surface area contributed by atoms with Crippen molar-refractivity contribution in [2.24, 2.45) is 5.73 Å². The first-order valence-electron chi connectivity index (χ1n) is 5.50. The second kappa shape index (κ2) is 5.19. The Hall–Kier alpha value is -1.55. The number of hydrogen-bond acceptors (Lipinski definition) is 3. The molecule has 1 unspecified atom stereocenters. The molecule has 0 saturated carbocycles. The summed E-state index contributed by atoms with van der Waals surface area (Å²) in [6, 6.07) is 1.47. The van der Waals surface area contributed by atoms with Gasteiger partial charge < -0.3 is 15.6 Å². The van der Waals surface area contributed by atoms with Crippen LogP contribution in [0.25, 0.3) is 0 Å². The van der Waals surface area contributed by atoms with Crippen molar-refractivity contribution in [3.8, 4) is 5.75 Å². The largest absolute Gasteiger partial charge is 0.496 e. The lowest BCUT2D eigenvalue weighted by molar-refractivity contribution is -0.137. The van der Waals surface area contributed by atoms with E-state index in [2.05, 4.69) is 0 Å². The summed E-state index contributed by atoms with van der Waals surface area (Å²) in [5.41, 5.74) is 9.82. The van der Waals surface area contributed by atoms with Gasteiger partial charge in [0, 0.05) is 11.6 Å². The first-order valence-corrected chi connectivity index (χ1v) is 5.50. The molecule has 17 heavy (non-hydrogen) atoms. The van der Waals surface area contributed by atoms with E-state index in [4.69, 9.17) is 15.6 Å². The zero-order valence-corrected chi connectivity index (χ0v) is 10.7. The van der Waals surface area contributed by atoms with Crippen molar-refractivity contribution in [1.82, 2.24) is 0 Å². The molecule has 0 aliphatic carbocycles. The molecular formula is C13H19NO3. The number of carbonyl (C=O) groups is 1. The van der Waals surface area contributed by atoms with Gasteiger partial charge in [-0.3, -0.25) is 4.79 Å². The Morgan fingerprint density at radius 3 is 2.47 bits per heavy atom. The molecule has 0 radical (unpaired) electrons. The third-order valence-electron chi connectivity index (χ3n) is 3.00. The number of aryl methyl sites for hydroxylation is 2. The Kier molecular flexibility index (Phi) is 4.12. The van der Waals surface area contributed by atoms with Crippen LogP contribution in [0.4, 0.5) is 0 Å². The summed E-state index contributed by atoms with van der Waals surface area (Å²) in [4.78, 5) is 10.7. The van der Waals surface area contributed by atoms with Crippen LogP contribution in [0.15, 0.2) is 6.07 Å². The molecule has 0 bridgehead atoms. The van der Waals surface area contributed by atoms with E-state index in [9.17, 15) is 4.79 Å². The monoisotopic (exact) mass is 237 g/mol. The van der Waals surface area contributed by atoms with Crippen molar-refractivity contribution in [2.75, 3.05) is 7.11 Å². The summed E-state index contributed by atoms with van der Waals surface area (Å²) >= 11 is 0. The van der Waals surface area contributed by atoms with E-state index in [1.165, 1.54) is 0 Å². The number of nitrogens with two attached hydrogens (primary N) is 1. The van der Waals surface area contributed by atoms with Crippen LogP contribution in [0.3, 0.4) is 0 Å². The lowest BCUT2D eigenvalue weighted by Crippen LogP contribution is -2.18. The van der Waals surface area contributed by atoms with Crippen molar-refractivity contribution in [1.29, 1.82) is 0 Å². The summed E-state index contributed by atoms with van der Waals surface area (Å²) < 4.78 is 5.37. The van der Waals surface area contributed by atoms with E-state index in [-0.39, 0.29) is 6.42 Å². The molecule has 4 heteroatoms. The molecule has 0 saturated heterocycles. The molecule has 0 aromatic heterocycles. The minimum atomic E-state index is -0.905. The molecule has 0 heterocycles. The van der Waals surface area contributed by atoms with Gasteiger partial charge in [-0.2, -0.15) is 0 Å². The van der Waals surface area contributed by atoms with Crippen LogP contribution in [0.2, 0.25) is 0 Å². The van der Waals surface area contributed by atoms with Crippen molar-refractivity contribution in [3.05, 3.63) is 28.3 Å². The summed E-state index contributed by atoms with van der Waals surface area (Å²) in [7, 11) is 1.58. The molecule has 1 aromatic carbocycles. The number of ether oxygens (including phenoxy) is 1. The minimum absolute atomic E-state index is 0.0975. The predicted octanol–water partition coefficient (Wildman–Crippen LogP) is 2.09. The van der Waals surface area contributed by atoms with Gasteiger partial charge in [0.05, 0.1) is 13.5 Å². The van der Waals surface area contributed by atoms with Gasteiger partial charge in [-0.25, -0.2) is 0 Å². The Bertz CT molecular complexity index is 441. The van der Waals surface area contributed by atoms with E-state index >= 15 is 0 Å². The van der Waals surface area contributed by atoms with E-state index < -0.39 is 12.0 Å². The molecular weight excluding hydrogens is 218 g/mol. The SMILES string of the molecule is COc1c(C)c(C)cc(C)c1C(N)CC(=O)O. The average molecular weight is 237 g/mol. The van der Waals surface area contributed by atoms with Gasteiger partial charge >= 0.3 is 5.97 Å². The fourth-order valence-electron chi connectivity index (χ4n) is 2.08. The molecule has 1 aromatic rings. The van der Waals surface area contributed by atoms with Crippen molar-refractivity contribution >= 4 is 5.97 Å². The quantitative estimate of drug-likeness (QED) is 0.841. The standard InChI is InChI=1S/C13H19NO3/c1-7-5-8(2)12(10(14)6-11(15)16)13(17-4)9(7)3/h5,10H,6,14H2,1-4H3,(H,15,16). The highest BCUT2D eigenvalue weighted by molar-refractivity contribution is 5.68. The molecule has 0 amide bonds. The maximum Gasteiger partial charge on any atom is 0.305 e. The molecule has 1 rings (SSSR count). The van der Waals surface area contributed by atoms with Crippen LogP contribution >= 0.6 is 0 Å². The predicted molar refractivity (Wildman–Crippen MR) is 66.4 cm³/mol. The van der Waals surface area contributed by atoms with E-state index in [0.717, 1.165) is 22.3 Å². The van der Waals surface area contributed by atoms with Gasteiger partial charge in [-0.15, -0.1) is 0 Å². The summed E-state index contributed by atoms with van der Waals surface area (Å²) in [5, 5.41) is 8.80. The normalized spacial score (nSPS) is 12.3. The number of aliphatic carboxylic acids is 1. The number of carboxylic acid groups (broad SMARTS) is 1. The van der Waals surface area contributed by atoms with Gasteiger partial charge in [-0.05, 0) is 37.5 Å². The van der Waals surface area contributed by atoms with Crippen LogP contribution in [0.5, 0.6) is 5.75 Å². The molecule has 0 aliphatic heterocycles. The van der Waals surface area contributed by atoms with Gasteiger partial charge in [0.25, 0.3) is 0 Å². The number of hydrogen-bond donors (Lipinski definition) is 2. The number of methoxy groups -OCH3 is 1. The first-order chi connectivity index (χ1) is 7.88. The average Bonchev–Trinajstić information content (AvgIpc) is 2.21. The maximum atomic E-state index is 10.7. The van der Waals surface area contributed by atoms with Crippen molar-refractivity contribution < 1.29 is 14.6 Å². The summed E-state index contributed by atoms with van der Waals surface area (Å²) in [6.07, 6.45) is -0.0975. The number of carboxylic acids is 1. The fourth-order valence-corrected chi connectivity index (χ4v) is 2.08. The van der Waals surface area contributed by atoms with E-state index in [1.54, 1.807) is 7.11 Å². The van der Waals surface area contributed by atoms with Crippen molar-refractivity contribution in [3.63, 3.8) is 0 Å². The highest BCUT2D eigenvalue weighted by Crippen LogP contribution is 2.34. The second-order valence-electron chi connectivity index (χ2n) is 4.29. The zero-order chi connectivity index (χ0) is 13.2. The summed E-state index contributed by atoms with van der Waals surface area (Å²) in [6.45, 7) is 5.87. The Balaban J connectivity index is 3.31. The third-order valence-corrected chi connectivity index (χ3v) is 3.00. The molecule has 0 spiro atoms. The van der Waals surface area contributed by atoms with Crippen LogP contribution in [-0.4, -0.2) is 18.2 Å². The number of benzene rings is 1. The van der Waals surface area contributed by atoms with Gasteiger partial charge in [0.1, 0.15) is 5.75 Å². The van der Waals surface area contributed by atoms with Gasteiger partial charge in [0.15, 0.2) is 0 Å². The Morgan fingerprint density at radius 2 is 2.00 bits per heavy atom. The topological polar surface area (TPSA) is 72.5 Å². The zero-order valence-electron chi connectivity index (χ0n) is 10.7. The Labute approximate surface area is 101 Å². The van der Waals surface area contributed by atoms with Crippen LogP contribution < -0.4 is 10.5 Å². The van der Waals surface area contributed by atoms with E-state index in [0.29, 0.717) is 5.75 Å². The lowest BCUT2D eigenvalue weighted by Gasteiger charge is -2.20. The molecule has 0 aliphatic rings. The molecule has 3 N–H and O–H groups in total.